The topological polar surface area (TPSA) is 34.4 Å². The Labute approximate surface area is 126 Å². The van der Waals surface area contributed by atoms with Crippen molar-refractivity contribution in [3.63, 3.8) is 0 Å². The summed E-state index contributed by atoms with van der Waals surface area (Å²) in [4.78, 5) is 0. The van der Waals surface area contributed by atoms with Crippen LogP contribution in [0, 0.1) is 0 Å². The zero-order valence-electron chi connectivity index (χ0n) is 13.2. The highest BCUT2D eigenvalue weighted by Gasteiger charge is 2.30. The summed E-state index contributed by atoms with van der Waals surface area (Å²) in [5.74, 6) is 1.07. The Morgan fingerprint density at radius 3 is 2.86 bits per heavy atom. The molecule has 0 spiro atoms. The van der Waals surface area contributed by atoms with Gasteiger partial charge in [0.05, 0.1) is 11.6 Å². The molecule has 114 valence electrons. The van der Waals surface area contributed by atoms with E-state index in [-0.39, 0.29) is 11.6 Å². The summed E-state index contributed by atoms with van der Waals surface area (Å²) in [6, 6.07) is 8.50. The Kier molecular flexibility index (Phi) is 4.05. The van der Waals surface area contributed by atoms with Gasteiger partial charge in [0.25, 0.3) is 0 Å². The zero-order chi connectivity index (χ0) is 14.9. The quantitative estimate of drug-likeness (QED) is 0.894. The molecule has 0 bridgehead atoms. The normalized spacial score (nSPS) is 23.8. The van der Waals surface area contributed by atoms with E-state index in [0.717, 1.165) is 43.8 Å². The molecular weight excluding hydrogens is 262 g/mol. The van der Waals surface area contributed by atoms with E-state index in [1.165, 1.54) is 10.9 Å². The molecule has 1 saturated heterocycles. The third-order valence-electron chi connectivity index (χ3n) is 4.56. The van der Waals surface area contributed by atoms with E-state index in [9.17, 15) is 0 Å². The van der Waals surface area contributed by atoms with Crippen LogP contribution in [0.4, 0.5) is 0 Å². The fraction of sp³-hybridized carbons (Fsp3) is 0.556. The van der Waals surface area contributed by atoms with E-state index < -0.39 is 0 Å². The predicted octanol–water partition coefficient (Wildman–Crippen LogP) is 4.21. The monoisotopic (exact) mass is 287 g/mol. The lowest BCUT2D eigenvalue weighted by Crippen LogP contribution is -2.38. The first-order valence-electron chi connectivity index (χ1n) is 8.00. The molecule has 0 saturated carbocycles. The summed E-state index contributed by atoms with van der Waals surface area (Å²) < 4.78 is 11.9. The lowest BCUT2D eigenvalue weighted by atomic mass is 10.0. The van der Waals surface area contributed by atoms with Gasteiger partial charge in [-0.25, -0.2) is 0 Å². The molecule has 0 aliphatic carbocycles. The summed E-state index contributed by atoms with van der Waals surface area (Å²) in [6.07, 6.45) is 3.29. The summed E-state index contributed by atoms with van der Waals surface area (Å²) in [7, 11) is 0. The maximum absolute atomic E-state index is 6.10. The van der Waals surface area contributed by atoms with Crippen LogP contribution in [0.2, 0.25) is 0 Å². The van der Waals surface area contributed by atoms with Gasteiger partial charge in [-0.2, -0.15) is 0 Å². The van der Waals surface area contributed by atoms with Crippen LogP contribution in [0.15, 0.2) is 28.7 Å². The van der Waals surface area contributed by atoms with Crippen LogP contribution in [0.3, 0.4) is 0 Å². The van der Waals surface area contributed by atoms with Crippen LogP contribution >= 0.6 is 0 Å². The molecular formula is C18H25NO2. The number of hydrogen-bond acceptors (Lipinski definition) is 3. The highest BCUT2D eigenvalue weighted by molar-refractivity contribution is 5.82. The lowest BCUT2D eigenvalue weighted by molar-refractivity contribution is 0.0186. The average Bonchev–Trinajstić information content (AvgIpc) is 3.08. The minimum Gasteiger partial charge on any atom is -0.459 e. The third-order valence-corrected chi connectivity index (χ3v) is 4.56. The first-order valence-corrected chi connectivity index (χ1v) is 8.00. The number of furan rings is 1. The maximum Gasteiger partial charge on any atom is 0.134 e. The summed E-state index contributed by atoms with van der Waals surface area (Å²) >= 11 is 0. The second-order valence-electron chi connectivity index (χ2n) is 6.30. The number of benzene rings is 1. The summed E-state index contributed by atoms with van der Waals surface area (Å²) in [6.45, 7) is 8.31. The van der Waals surface area contributed by atoms with Gasteiger partial charge in [0.2, 0.25) is 0 Å². The number of ether oxygens (including phenoxy) is 1. The molecule has 0 amide bonds. The van der Waals surface area contributed by atoms with Crippen LogP contribution in [0.25, 0.3) is 11.0 Å². The molecule has 1 N–H and O–H groups in total. The van der Waals surface area contributed by atoms with Crippen molar-refractivity contribution >= 4 is 11.0 Å². The van der Waals surface area contributed by atoms with Crippen molar-refractivity contribution in [2.24, 2.45) is 0 Å². The van der Waals surface area contributed by atoms with Crippen LogP contribution in [0.1, 0.15) is 51.0 Å². The predicted molar refractivity (Wildman–Crippen MR) is 85.6 cm³/mol. The molecule has 3 nitrogen and oxygen atoms in total. The molecule has 1 fully saturated rings. The largest absolute Gasteiger partial charge is 0.459 e. The van der Waals surface area contributed by atoms with Crippen molar-refractivity contribution in [1.29, 1.82) is 0 Å². The van der Waals surface area contributed by atoms with Crippen molar-refractivity contribution < 1.29 is 9.15 Å². The second kappa shape index (κ2) is 5.82. The number of aryl methyl sites for hydroxylation is 1. The van der Waals surface area contributed by atoms with Crippen molar-refractivity contribution in [3.05, 3.63) is 35.6 Å². The molecule has 1 aliphatic heterocycles. The van der Waals surface area contributed by atoms with Gasteiger partial charge >= 0.3 is 0 Å². The molecule has 1 aromatic carbocycles. The van der Waals surface area contributed by atoms with E-state index in [1.807, 2.05) is 12.1 Å². The minimum absolute atomic E-state index is 0.0212. The lowest BCUT2D eigenvalue weighted by Gasteiger charge is -2.25. The van der Waals surface area contributed by atoms with Gasteiger partial charge in [-0.3, -0.25) is 0 Å². The van der Waals surface area contributed by atoms with Gasteiger partial charge in [-0.15, -0.1) is 0 Å². The van der Waals surface area contributed by atoms with E-state index in [2.05, 4.69) is 38.2 Å². The molecule has 1 aliphatic rings. The SMILES string of the molecule is CCc1c(C(C)NCC2(C)CCCO2)oc2ccccc12. The summed E-state index contributed by atoms with van der Waals surface area (Å²) in [5.41, 5.74) is 2.29. The van der Waals surface area contributed by atoms with Crippen LogP contribution < -0.4 is 5.32 Å². The van der Waals surface area contributed by atoms with Crippen LogP contribution in [-0.2, 0) is 11.2 Å². The van der Waals surface area contributed by atoms with Gasteiger partial charge in [0.15, 0.2) is 0 Å². The molecule has 1 aromatic heterocycles. The minimum atomic E-state index is -0.0212. The molecule has 0 radical (unpaired) electrons. The Morgan fingerprint density at radius 1 is 1.33 bits per heavy atom. The zero-order valence-corrected chi connectivity index (χ0v) is 13.2. The van der Waals surface area contributed by atoms with Crippen molar-refractivity contribution in [1.82, 2.24) is 5.32 Å². The Hall–Kier alpha value is -1.32. The average molecular weight is 287 g/mol. The number of para-hydroxylation sites is 1. The van der Waals surface area contributed by atoms with Gasteiger partial charge in [-0.05, 0) is 39.2 Å². The van der Waals surface area contributed by atoms with Crippen LogP contribution in [-0.4, -0.2) is 18.8 Å². The molecule has 3 heteroatoms. The van der Waals surface area contributed by atoms with Gasteiger partial charge in [0, 0.05) is 24.1 Å². The van der Waals surface area contributed by atoms with Crippen molar-refractivity contribution in [2.75, 3.05) is 13.2 Å². The van der Waals surface area contributed by atoms with Crippen LogP contribution in [0.5, 0.6) is 0 Å². The fourth-order valence-corrected chi connectivity index (χ4v) is 3.27. The van der Waals surface area contributed by atoms with Gasteiger partial charge in [0.1, 0.15) is 11.3 Å². The molecule has 21 heavy (non-hydrogen) atoms. The van der Waals surface area contributed by atoms with E-state index in [0.29, 0.717) is 0 Å². The second-order valence-corrected chi connectivity index (χ2v) is 6.30. The third kappa shape index (κ3) is 2.85. The van der Waals surface area contributed by atoms with Crippen molar-refractivity contribution in [2.45, 2.75) is 51.7 Å². The molecule has 2 unspecified atom stereocenters. The van der Waals surface area contributed by atoms with E-state index in [1.54, 1.807) is 0 Å². The number of nitrogens with one attached hydrogen (secondary N) is 1. The van der Waals surface area contributed by atoms with Crippen molar-refractivity contribution in [3.8, 4) is 0 Å². The molecule has 3 rings (SSSR count). The van der Waals surface area contributed by atoms with E-state index in [4.69, 9.17) is 9.15 Å². The Bertz CT molecular complexity index is 611. The highest BCUT2D eigenvalue weighted by Crippen LogP contribution is 2.31. The standard InChI is InChI=1S/C18H25NO2/c1-4-14-15-8-5-6-9-16(15)21-17(14)13(2)19-12-18(3)10-7-11-20-18/h5-6,8-9,13,19H,4,7,10-12H2,1-3H3. The smallest absolute Gasteiger partial charge is 0.134 e. The first-order chi connectivity index (χ1) is 10.1. The number of rotatable bonds is 5. The maximum atomic E-state index is 6.10. The molecule has 2 atom stereocenters. The fourth-order valence-electron chi connectivity index (χ4n) is 3.27. The molecule has 2 heterocycles. The highest BCUT2D eigenvalue weighted by atomic mass is 16.5. The first kappa shape index (κ1) is 14.6. The summed E-state index contributed by atoms with van der Waals surface area (Å²) in [5, 5.41) is 4.84. The molecule has 2 aromatic rings. The Balaban J connectivity index is 1.79. The van der Waals surface area contributed by atoms with E-state index >= 15 is 0 Å². The number of fused-ring (bicyclic) bond motifs is 1. The van der Waals surface area contributed by atoms with Gasteiger partial charge in [-0.1, -0.05) is 25.1 Å². The number of hydrogen-bond donors (Lipinski definition) is 1. The van der Waals surface area contributed by atoms with Gasteiger partial charge < -0.3 is 14.5 Å². The Morgan fingerprint density at radius 2 is 2.14 bits per heavy atom.